The van der Waals surface area contributed by atoms with Crippen molar-refractivity contribution in [2.45, 2.75) is 71.1 Å². The quantitative estimate of drug-likeness (QED) is 0.613. The average molecular weight is 295 g/mol. The number of benzene rings is 1. The molecule has 1 fully saturated rings. The van der Waals surface area contributed by atoms with E-state index < -0.39 is 0 Å². The summed E-state index contributed by atoms with van der Waals surface area (Å²) in [4.78, 5) is 3.80. The van der Waals surface area contributed by atoms with Crippen molar-refractivity contribution in [3.8, 4) is 0 Å². The van der Waals surface area contributed by atoms with Crippen LogP contribution in [0.1, 0.15) is 76.0 Å². The molecule has 2 aliphatic rings. The minimum atomic E-state index is 0.211. The maximum Gasteiger partial charge on any atom is 0.220 e. The molecule has 0 spiro atoms. The van der Waals surface area contributed by atoms with Crippen molar-refractivity contribution in [1.82, 2.24) is 0 Å². The second-order valence-corrected chi connectivity index (χ2v) is 8.40. The zero-order chi connectivity index (χ0) is 16.0. The van der Waals surface area contributed by atoms with Gasteiger partial charge in [-0.15, -0.1) is 0 Å². The van der Waals surface area contributed by atoms with Gasteiger partial charge < -0.3 is 4.85 Å². The van der Waals surface area contributed by atoms with Crippen LogP contribution in [0.3, 0.4) is 0 Å². The molecular weight excluding hydrogens is 266 g/mol. The predicted molar refractivity (Wildman–Crippen MR) is 93.1 cm³/mol. The van der Waals surface area contributed by atoms with Gasteiger partial charge in [-0.25, -0.2) is 6.57 Å². The summed E-state index contributed by atoms with van der Waals surface area (Å²) in [5, 5.41) is 0. The van der Waals surface area contributed by atoms with Crippen molar-refractivity contribution in [3.63, 3.8) is 0 Å². The second kappa shape index (κ2) is 5.41. The van der Waals surface area contributed by atoms with E-state index in [1.54, 1.807) is 11.1 Å². The third-order valence-corrected chi connectivity index (χ3v) is 6.61. The van der Waals surface area contributed by atoms with E-state index in [4.69, 9.17) is 6.57 Å². The Morgan fingerprint density at radius 3 is 2.73 bits per heavy atom. The van der Waals surface area contributed by atoms with E-state index in [2.05, 4.69) is 50.7 Å². The first-order valence-corrected chi connectivity index (χ1v) is 8.87. The standard InChI is InChI=1S/C21H29N/c1-15(2)16-7-9-18-17(13-16)8-10-19-20(3,14-22-5)11-6-12-21(18,19)4/h7,9,13,15,19H,6,8,10-12,14H2,1-4H3/t19?,20-,21+/m0/s1. The predicted octanol–water partition coefficient (Wildman–Crippen LogP) is 5.74. The Bertz CT molecular complexity index is 609. The van der Waals surface area contributed by atoms with Crippen molar-refractivity contribution in [2.24, 2.45) is 11.3 Å². The molecule has 118 valence electrons. The Hall–Kier alpha value is -1.29. The maximum atomic E-state index is 7.38. The Kier molecular flexibility index (Phi) is 3.84. The third-order valence-electron chi connectivity index (χ3n) is 6.61. The van der Waals surface area contributed by atoms with Gasteiger partial charge in [-0.3, -0.25) is 0 Å². The Morgan fingerprint density at radius 1 is 1.27 bits per heavy atom. The van der Waals surface area contributed by atoms with Gasteiger partial charge >= 0.3 is 0 Å². The highest BCUT2D eigenvalue weighted by Crippen LogP contribution is 2.57. The number of hydrogen-bond donors (Lipinski definition) is 0. The van der Waals surface area contributed by atoms with Crippen LogP contribution < -0.4 is 0 Å². The second-order valence-electron chi connectivity index (χ2n) is 8.40. The van der Waals surface area contributed by atoms with Crippen LogP contribution in [0, 0.1) is 17.9 Å². The molecule has 0 amide bonds. The van der Waals surface area contributed by atoms with E-state index in [0.717, 1.165) is 0 Å². The van der Waals surface area contributed by atoms with Crippen LogP contribution in [0.15, 0.2) is 18.2 Å². The molecule has 0 radical (unpaired) electrons. The summed E-state index contributed by atoms with van der Waals surface area (Å²) in [7, 11) is 0. The lowest BCUT2D eigenvalue weighted by molar-refractivity contribution is 0.0384. The molecule has 3 rings (SSSR count). The summed E-state index contributed by atoms with van der Waals surface area (Å²) < 4.78 is 0. The normalized spacial score (nSPS) is 33.9. The lowest BCUT2D eigenvalue weighted by Crippen LogP contribution is -2.50. The van der Waals surface area contributed by atoms with Crippen LogP contribution in [0.4, 0.5) is 0 Å². The highest BCUT2D eigenvalue weighted by Gasteiger charge is 2.53. The Balaban J connectivity index is 2.04. The minimum absolute atomic E-state index is 0.211. The molecule has 0 N–H and O–H groups in total. The first-order chi connectivity index (χ1) is 10.4. The molecule has 1 heteroatoms. The molecule has 0 aromatic heterocycles. The summed E-state index contributed by atoms with van der Waals surface area (Å²) in [5.41, 5.74) is 5.13. The molecule has 1 unspecified atom stereocenters. The van der Waals surface area contributed by atoms with Gasteiger partial charge in [-0.2, -0.15) is 0 Å². The molecule has 0 bridgehead atoms. The number of nitrogens with zero attached hydrogens (tertiary/aromatic N) is 1. The van der Waals surface area contributed by atoms with Crippen molar-refractivity contribution in [3.05, 3.63) is 46.3 Å². The Labute approximate surface area is 135 Å². The fourth-order valence-corrected chi connectivity index (χ4v) is 5.37. The van der Waals surface area contributed by atoms with Crippen molar-refractivity contribution in [2.75, 3.05) is 6.54 Å². The molecule has 2 aliphatic carbocycles. The third kappa shape index (κ3) is 2.28. The molecule has 1 nitrogen and oxygen atoms in total. The van der Waals surface area contributed by atoms with Crippen molar-refractivity contribution >= 4 is 0 Å². The molecule has 0 heterocycles. The van der Waals surface area contributed by atoms with Crippen LogP contribution in [0.25, 0.3) is 4.85 Å². The largest absolute Gasteiger partial charge is 0.316 e. The van der Waals surface area contributed by atoms with Crippen LogP contribution in [-0.4, -0.2) is 6.54 Å². The van der Waals surface area contributed by atoms with E-state index in [1.165, 1.54) is 37.7 Å². The number of aryl methyl sites for hydroxylation is 1. The first-order valence-electron chi connectivity index (χ1n) is 8.87. The topological polar surface area (TPSA) is 4.36 Å². The fourth-order valence-electron chi connectivity index (χ4n) is 5.37. The summed E-state index contributed by atoms with van der Waals surface area (Å²) in [6.07, 6.45) is 6.25. The monoisotopic (exact) mass is 295 g/mol. The summed E-state index contributed by atoms with van der Waals surface area (Å²) >= 11 is 0. The zero-order valence-electron chi connectivity index (χ0n) is 14.6. The van der Waals surface area contributed by atoms with Crippen LogP contribution in [-0.2, 0) is 11.8 Å². The molecule has 1 saturated carbocycles. The van der Waals surface area contributed by atoms with Gasteiger partial charge in [0, 0.05) is 5.41 Å². The molecule has 0 aliphatic heterocycles. The number of rotatable bonds is 2. The molecule has 3 atom stereocenters. The molecule has 1 aromatic carbocycles. The van der Waals surface area contributed by atoms with Crippen molar-refractivity contribution < 1.29 is 0 Å². The van der Waals surface area contributed by atoms with E-state index in [-0.39, 0.29) is 10.8 Å². The molecule has 0 saturated heterocycles. The zero-order valence-corrected chi connectivity index (χ0v) is 14.6. The van der Waals surface area contributed by atoms with Crippen LogP contribution >= 0.6 is 0 Å². The van der Waals surface area contributed by atoms with Gasteiger partial charge in [0.15, 0.2) is 0 Å². The SMILES string of the molecule is [C-]#[N+]C[C@]1(C)CCC[C@]2(C)c3ccc(C(C)C)cc3CCC12. The lowest BCUT2D eigenvalue weighted by atomic mass is 9.50. The van der Waals surface area contributed by atoms with Crippen LogP contribution in [0.5, 0.6) is 0 Å². The summed E-state index contributed by atoms with van der Waals surface area (Å²) in [6, 6.07) is 7.22. The highest BCUT2D eigenvalue weighted by molar-refractivity contribution is 5.42. The molecule has 22 heavy (non-hydrogen) atoms. The van der Waals surface area contributed by atoms with E-state index >= 15 is 0 Å². The van der Waals surface area contributed by atoms with Gasteiger partial charge in [-0.1, -0.05) is 52.3 Å². The van der Waals surface area contributed by atoms with Gasteiger partial charge in [0.2, 0.25) is 6.54 Å². The van der Waals surface area contributed by atoms with E-state index in [9.17, 15) is 0 Å². The van der Waals surface area contributed by atoms with Gasteiger partial charge in [0.05, 0.1) is 0 Å². The van der Waals surface area contributed by atoms with E-state index in [1.807, 2.05) is 0 Å². The Morgan fingerprint density at radius 2 is 2.05 bits per heavy atom. The van der Waals surface area contributed by atoms with Gasteiger partial charge in [0.25, 0.3) is 0 Å². The molecule has 1 aromatic rings. The average Bonchev–Trinajstić information content (AvgIpc) is 2.46. The summed E-state index contributed by atoms with van der Waals surface area (Å²) in [6.45, 7) is 17.5. The minimum Gasteiger partial charge on any atom is -0.316 e. The fraction of sp³-hybridized carbons (Fsp3) is 0.667. The summed E-state index contributed by atoms with van der Waals surface area (Å²) in [5.74, 6) is 1.27. The van der Waals surface area contributed by atoms with Crippen LogP contribution in [0.2, 0.25) is 0 Å². The van der Waals surface area contributed by atoms with Gasteiger partial charge in [-0.05, 0) is 59.6 Å². The number of fused-ring (bicyclic) bond motifs is 3. The maximum absolute atomic E-state index is 7.38. The van der Waals surface area contributed by atoms with Gasteiger partial charge in [0.1, 0.15) is 0 Å². The first kappa shape index (κ1) is 15.6. The van der Waals surface area contributed by atoms with E-state index in [0.29, 0.717) is 18.4 Å². The van der Waals surface area contributed by atoms with Crippen molar-refractivity contribution in [1.29, 1.82) is 0 Å². The molecular formula is C21H29N. The lowest BCUT2D eigenvalue weighted by Gasteiger charge is -2.53. The highest BCUT2D eigenvalue weighted by atomic mass is 14.7. The smallest absolute Gasteiger partial charge is 0.220 e. The number of hydrogen-bond acceptors (Lipinski definition) is 0.